The van der Waals surface area contributed by atoms with E-state index in [0.717, 1.165) is 5.69 Å². The standard InChI is InChI=1S/C23H26N4O4/c1-23(2,3)15-4-7-17(8-5-15)26-10-12-27(13-11-26)21(29)20(28)24-16-6-9-18-19(14-16)31-22(30)25-18/h4-9,14H,10-13H2,1-3H3,(H,24,28)(H,25,30). The second-order valence-corrected chi connectivity index (χ2v) is 8.76. The SMILES string of the molecule is CC(C)(C)c1ccc(N2CCN(C(=O)C(=O)Nc3ccc4[nH]c(=O)oc4c3)CC2)cc1. The lowest BCUT2D eigenvalue weighted by Gasteiger charge is -2.36. The molecule has 2 amide bonds. The Morgan fingerprint density at radius 2 is 1.68 bits per heavy atom. The lowest BCUT2D eigenvalue weighted by atomic mass is 9.87. The third-order valence-corrected chi connectivity index (χ3v) is 5.54. The molecule has 2 N–H and O–H groups in total. The van der Waals surface area contributed by atoms with E-state index >= 15 is 0 Å². The number of hydrogen-bond donors (Lipinski definition) is 2. The number of fused-ring (bicyclic) bond motifs is 1. The molecule has 4 rings (SSSR count). The molecule has 1 saturated heterocycles. The van der Waals surface area contributed by atoms with Crippen LogP contribution in [-0.2, 0) is 15.0 Å². The quantitative estimate of drug-likeness (QED) is 0.619. The Balaban J connectivity index is 1.34. The van der Waals surface area contributed by atoms with Gasteiger partial charge >= 0.3 is 17.6 Å². The van der Waals surface area contributed by atoms with Gasteiger partial charge in [-0.2, -0.15) is 0 Å². The van der Waals surface area contributed by atoms with Crippen LogP contribution in [-0.4, -0.2) is 47.9 Å². The summed E-state index contributed by atoms with van der Waals surface area (Å²) < 4.78 is 4.98. The van der Waals surface area contributed by atoms with E-state index in [1.165, 1.54) is 11.6 Å². The molecule has 0 unspecified atom stereocenters. The molecule has 8 heteroatoms. The summed E-state index contributed by atoms with van der Waals surface area (Å²) in [6.07, 6.45) is 0. The van der Waals surface area contributed by atoms with Crippen molar-refractivity contribution in [2.45, 2.75) is 26.2 Å². The smallest absolute Gasteiger partial charge is 0.408 e. The number of hydrogen-bond acceptors (Lipinski definition) is 5. The number of amides is 2. The number of H-pyrrole nitrogens is 1. The van der Waals surface area contributed by atoms with Gasteiger partial charge in [0.15, 0.2) is 5.58 Å². The van der Waals surface area contributed by atoms with E-state index in [2.05, 4.69) is 60.2 Å². The average molecular weight is 422 g/mol. The predicted octanol–water partition coefficient (Wildman–Crippen LogP) is 2.71. The first-order valence-corrected chi connectivity index (χ1v) is 10.3. The van der Waals surface area contributed by atoms with Crippen molar-refractivity contribution >= 4 is 34.3 Å². The Bertz CT molecular complexity index is 1160. The molecule has 162 valence electrons. The van der Waals surface area contributed by atoms with Gasteiger partial charge < -0.3 is 19.5 Å². The highest BCUT2D eigenvalue weighted by atomic mass is 16.4. The Labute approximate surface area is 179 Å². The van der Waals surface area contributed by atoms with Crippen LogP contribution in [0.15, 0.2) is 51.7 Å². The van der Waals surface area contributed by atoms with Crippen LogP contribution in [0, 0.1) is 0 Å². The van der Waals surface area contributed by atoms with Gasteiger partial charge in [0.1, 0.15) is 0 Å². The van der Waals surface area contributed by atoms with Crippen molar-refractivity contribution in [3.63, 3.8) is 0 Å². The number of piperazine rings is 1. The number of aromatic amines is 1. The van der Waals surface area contributed by atoms with Crippen LogP contribution in [0.3, 0.4) is 0 Å². The molecule has 0 atom stereocenters. The van der Waals surface area contributed by atoms with Crippen LogP contribution in [0.1, 0.15) is 26.3 Å². The van der Waals surface area contributed by atoms with E-state index in [4.69, 9.17) is 4.42 Å². The minimum atomic E-state index is -0.708. The molecule has 0 aliphatic carbocycles. The zero-order valence-electron chi connectivity index (χ0n) is 17.9. The summed E-state index contributed by atoms with van der Waals surface area (Å²) in [5.74, 6) is -1.85. The highest BCUT2D eigenvalue weighted by Gasteiger charge is 2.26. The molecule has 8 nitrogen and oxygen atoms in total. The first-order valence-electron chi connectivity index (χ1n) is 10.3. The molecule has 2 heterocycles. The van der Waals surface area contributed by atoms with E-state index in [-0.39, 0.29) is 5.41 Å². The number of rotatable bonds is 2. The van der Waals surface area contributed by atoms with Crippen LogP contribution in [0.5, 0.6) is 0 Å². The van der Waals surface area contributed by atoms with Crippen LogP contribution in [0.4, 0.5) is 11.4 Å². The van der Waals surface area contributed by atoms with Crippen LogP contribution >= 0.6 is 0 Å². The number of aromatic nitrogens is 1. The van der Waals surface area contributed by atoms with E-state index in [1.54, 1.807) is 17.0 Å². The summed E-state index contributed by atoms with van der Waals surface area (Å²) in [4.78, 5) is 42.6. The second-order valence-electron chi connectivity index (χ2n) is 8.76. The number of nitrogens with zero attached hydrogens (tertiary/aromatic N) is 2. The minimum absolute atomic E-state index is 0.105. The lowest BCUT2D eigenvalue weighted by molar-refractivity contribution is -0.143. The largest absolute Gasteiger partial charge is 0.417 e. The van der Waals surface area contributed by atoms with Crippen LogP contribution < -0.4 is 16.0 Å². The maximum atomic E-state index is 12.6. The van der Waals surface area contributed by atoms with Gasteiger partial charge in [-0.05, 0) is 35.2 Å². The van der Waals surface area contributed by atoms with Crippen molar-refractivity contribution in [1.82, 2.24) is 9.88 Å². The van der Waals surface area contributed by atoms with Crippen molar-refractivity contribution in [2.75, 3.05) is 36.4 Å². The third kappa shape index (κ3) is 4.47. The highest BCUT2D eigenvalue weighted by molar-refractivity contribution is 6.39. The fraction of sp³-hybridized carbons (Fsp3) is 0.348. The lowest BCUT2D eigenvalue weighted by Crippen LogP contribution is -2.51. The van der Waals surface area contributed by atoms with Gasteiger partial charge in [0.2, 0.25) is 0 Å². The van der Waals surface area contributed by atoms with E-state index in [0.29, 0.717) is 43.0 Å². The van der Waals surface area contributed by atoms with E-state index < -0.39 is 17.6 Å². The molecule has 1 aliphatic heterocycles. The average Bonchev–Trinajstić information content (AvgIpc) is 3.12. The predicted molar refractivity (Wildman–Crippen MR) is 119 cm³/mol. The molecule has 1 aliphatic rings. The van der Waals surface area contributed by atoms with Crippen molar-refractivity contribution in [1.29, 1.82) is 0 Å². The van der Waals surface area contributed by atoms with Crippen LogP contribution in [0.25, 0.3) is 11.1 Å². The molecule has 31 heavy (non-hydrogen) atoms. The summed E-state index contributed by atoms with van der Waals surface area (Å²) in [5, 5.41) is 2.58. The number of carbonyl (C=O) groups is 2. The summed E-state index contributed by atoms with van der Waals surface area (Å²) in [6, 6.07) is 13.2. The van der Waals surface area contributed by atoms with Gasteiger partial charge in [0.25, 0.3) is 0 Å². The Kier molecular flexibility index (Phi) is 5.31. The van der Waals surface area contributed by atoms with Crippen molar-refractivity contribution in [3.8, 4) is 0 Å². The highest BCUT2D eigenvalue weighted by Crippen LogP contribution is 2.25. The number of nitrogens with one attached hydrogen (secondary N) is 2. The van der Waals surface area contributed by atoms with E-state index in [1.807, 2.05) is 0 Å². The van der Waals surface area contributed by atoms with Gasteiger partial charge in [-0.1, -0.05) is 32.9 Å². The molecule has 1 fully saturated rings. The topological polar surface area (TPSA) is 98.6 Å². The minimum Gasteiger partial charge on any atom is -0.408 e. The monoisotopic (exact) mass is 422 g/mol. The van der Waals surface area contributed by atoms with Gasteiger partial charge in [-0.3, -0.25) is 14.6 Å². The van der Waals surface area contributed by atoms with Crippen molar-refractivity contribution < 1.29 is 14.0 Å². The molecule has 0 saturated carbocycles. The number of carbonyl (C=O) groups excluding carboxylic acids is 2. The summed E-state index contributed by atoms with van der Waals surface area (Å²) >= 11 is 0. The van der Waals surface area contributed by atoms with Gasteiger partial charge in [-0.25, -0.2) is 4.79 Å². The summed E-state index contributed by atoms with van der Waals surface area (Å²) in [5.41, 5.74) is 3.74. The zero-order chi connectivity index (χ0) is 22.2. The first-order chi connectivity index (χ1) is 14.7. The fourth-order valence-electron chi connectivity index (χ4n) is 3.69. The Morgan fingerprint density at radius 3 is 2.32 bits per heavy atom. The van der Waals surface area contributed by atoms with Crippen LogP contribution in [0.2, 0.25) is 0 Å². The molecule has 0 spiro atoms. The first kappa shape index (κ1) is 20.7. The maximum absolute atomic E-state index is 12.6. The normalized spacial score (nSPS) is 14.7. The van der Waals surface area contributed by atoms with Crippen molar-refractivity contribution in [2.24, 2.45) is 0 Å². The maximum Gasteiger partial charge on any atom is 0.417 e. The molecular formula is C23H26N4O4. The summed E-state index contributed by atoms with van der Waals surface area (Å²) in [6.45, 7) is 8.82. The number of anilines is 2. The Morgan fingerprint density at radius 1 is 1.00 bits per heavy atom. The van der Waals surface area contributed by atoms with Gasteiger partial charge in [-0.15, -0.1) is 0 Å². The van der Waals surface area contributed by atoms with Gasteiger partial charge in [0.05, 0.1) is 5.52 Å². The van der Waals surface area contributed by atoms with Gasteiger partial charge in [0, 0.05) is 43.6 Å². The summed E-state index contributed by atoms with van der Waals surface area (Å²) in [7, 11) is 0. The molecule has 3 aromatic rings. The van der Waals surface area contributed by atoms with E-state index in [9.17, 15) is 14.4 Å². The third-order valence-electron chi connectivity index (χ3n) is 5.54. The number of oxazole rings is 1. The molecule has 0 bridgehead atoms. The molecule has 1 aromatic heterocycles. The second kappa shape index (κ2) is 7.94. The molecular weight excluding hydrogens is 396 g/mol. The number of benzene rings is 2. The molecule has 0 radical (unpaired) electrons. The van der Waals surface area contributed by atoms with Crippen molar-refractivity contribution in [3.05, 3.63) is 58.6 Å². The fourth-order valence-corrected chi connectivity index (χ4v) is 3.69. The molecule has 2 aromatic carbocycles. The Hall–Kier alpha value is -3.55. The zero-order valence-corrected chi connectivity index (χ0v) is 17.9.